The van der Waals surface area contributed by atoms with Gasteiger partial charge in [-0.1, -0.05) is 12.1 Å². The van der Waals surface area contributed by atoms with Crippen molar-refractivity contribution in [2.24, 2.45) is 0 Å². The predicted molar refractivity (Wildman–Crippen MR) is 57.4 cm³/mol. The highest BCUT2D eigenvalue weighted by molar-refractivity contribution is 5.58. The van der Waals surface area contributed by atoms with E-state index in [0.717, 1.165) is 24.5 Å². The summed E-state index contributed by atoms with van der Waals surface area (Å²) in [7, 11) is 4.17. The van der Waals surface area contributed by atoms with Crippen molar-refractivity contribution in [1.29, 1.82) is 0 Å². The minimum atomic E-state index is 0.433. The Kier molecular flexibility index (Phi) is 2.33. The van der Waals surface area contributed by atoms with Crippen LogP contribution in [0.3, 0.4) is 0 Å². The summed E-state index contributed by atoms with van der Waals surface area (Å²) in [6.07, 6.45) is 1.03. The Bertz CT molecular complexity index is 336. The molecule has 1 aromatic carbocycles. The van der Waals surface area contributed by atoms with E-state index in [0.29, 0.717) is 6.04 Å². The molecular weight excluding hydrogens is 176 g/mol. The number of hydrogen-bond donors (Lipinski definition) is 1. The van der Waals surface area contributed by atoms with Crippen LogP contribution in [0.25, 0.3) is 0 Å². The molecule has 3 heteroatoms. The largest absolute Gasteiger partial charge is 0.491 e. The summed E-state index contributed by atoms with van der Waals surface area (Å²) in [5, 5.41) is 0. The standard InChI is InChI=1S/C11H16N2O/c1-13(2)10-6-7-14-11-8(10)4-3-5-9(11)12/h3-5,10H,6-7,12H2,1-2H3/t10-/m0/s1. The van der Waals surface area contributed by atoms with Gasteiger partial charge in [-0.05, 0) is 20.2 Å². The van der Waals surface area contributed by atoms with Crippen LogP contribution in [0, 0.1) is 0 Å². The van der Waals surface area contributed by atoms with Crippen LogP contribution in [-0.4, -0.2) is 25.6 Å². The molecule has 3 nitrogen and oxygen atoms in total. The van der Waals surface area contributed by atoms with Gasteiger partial charge in [-0.15, -0.1) is 0 Å². The summed E-state index contributed by atoms with van der Waals surface area (Å²) in [5.41, 5.74) is 7.81. The molecule has 0 unspecified atom stereocenters. The van der Waals surface area contributed by atoms with Crippen molar-refractivity contribution >= 4 is 5.69 Å². The van der Waals surface area contributed by atoms with Gasteiger partial charge in [0, 0.05) is 18.0 Å². The maximum absolute atomic E-state index is 5.86. The van der Waals surface area contributed by atoms with Gasteiger partial charge in [0.05, 0.1) is 12.3 Å². The fourth-order valence-electron chi connectivity index (χ4n) is 1.97. The van der Waals surface area contributed by atoms with E-state index in [-0.39, 0.29) is 0 Å². The molecule has 2 rings (SSSR count). The zero-order valence-electron chi connectivity index (χ0n) is 8.66. The molecule has 0 aromatic heterocycles. The van der Waals surface area contributed by atoms with E-state index < -0.39 is 0 Å². The maximum atomic E-state index is 5.86. The fourth-order valence-corrected chi connectivity index (χ4v) is 1.97. The summed E-state index contributed by atoms with van der Waals surface area (Å²) >= 11 is 0. The fraction of sp³-hybridized carbons (Fsp3) is 0.455. The molecule has 0 radical (unpaired) electrons. The second-order valence-corrected chi connectivity index (χ2v) is 3.88. The molecule has 1 heterocycles. The van der Waals surface area contributed by atoms with E-state index in [1.165, 1.54) is 5.56 Å². The molecule has 0 amide bonds. The van der Waals surface area contributed by atoms with E-state index in [9.17, 15) is 0 Å². The summed E-state index contributed by atoms with van der Waals surface area (Å²) in [6.45, 7) is 0.754. The lowest BCUT2D eigenvalue weighted by Gasteiger charge is -2.31. The van der Waals surface area contributed by atoms with Crippen LogP contribution in [0.2, 0.25) is 0 Å². The number of nitrogens with two attached hydrogens (primary N) is 1. The molecule has 14 heavy (non-hydrogen) atoms. The van der Waals surface area contributed by atoms with Gasteiger partial charge in [-0.2, -0.15) is 0 Å². The molecule has 0 aliphatic carbocycles. The number of nitrogens with zero attached hydrogens (tertiary/aromatic N) is 1. The van der Waals surface area contributed by atoms with Crippen LogP contribution in [0.4, 0.5) is 5.69 Å². The van der Waals surface area contributed by atoms with Crippen LogP contribution < -0.4 is 10.5 Å². The van der Waals surface area contributed by atoms with Crippen molar-refractivity contribution < 1.29 is 4.74 Å². The lowest BCUT2D eigenvalue weighted by molar-refractivity contribution is 0.190. The highest BCUT2D eigenvalue weighted by Gasteiger charge is 2.24. The van der Waals surface area contributed by atoms with E-state index >= 15 is 0 Å². The Labute approximate surface area is 84.5 Å². The lowest BCUT2D eigenvalue weighted by Crippen LogP contribution is -2.26. The Morgan fingerprint density at radius 2 is 2.21 bits per heavy atom. The molecule has 1 atom stereocenters. The van der Waals surface area contributed by atoms with Crippen molar-refractivity contribution in [2.45, 2.75) is 12.5 Å². The molecule has 0 saturated heterocycles. The Balaban J connectivity index is 2.44. The van der Waals surface area contributed by atoms with E-state index in [4.69, 9.17) is 10.5 Å². The molecule has 0 fully saturated rings. The van der Waals surface area contributed by atoms with Crippen molar-refractivity contribution in [2.75, 3.05) is 26.4 Å². The highest BCUT2D eigenvalue weighted by Crippen LogP contribution is 2.38. The van der Waals surface area contributed by atoms with Crippen LogP contribution in [0.15, 0.2) is 18.2 Å². The molecule has 1 aliphatic heterocycles. The minimum Gasteiger partial charge on any atom is -0.491 e. The number of para-hydroxylation sites is 1. The quantitative estimate of drug-likeness (QED) is 0.688. The number of hydrogen-bond acceptors (Lipinski definition) is 3. The smallest absolute Gasteiger partial charge is 0.146 e. The van der Waals surface area contributed by atoms with Crippen LogP contribution in [-0.2, 0) is 0 Å². The predicted octanol–water partition coefficient (Wildman–Crippen LogP) is 1.65. The van der Waals surface area contributed by atoms with Crippen molar-refractivity contribution in [3.8, 4) is 5.75 Å². The average Bonchev–Trinajstić information content (AvgIpc) is 2.17. The first-order chi connectivity index (χ1) is 6.70. The molecule has 0 saturated carbocycles. The van der Waals surface area contributed by atoms with Gasteiger partial charge in [0.2, 0.25) is 0 Å². The number of nitrogen functional groups attached to an aromatic ring is 1. The second kappa shape index (κ2) is 3.50. The molecule has 0 bridgehead atoms. The summed E-state index contributed by atoms with van der Waals surface area (Å²) in [4.78, 5) is 2.21. The van der Waals surface area contributed by atoms with Gasteiger partial charge in [-0.3, -0.25) is 0 Å². The first kappa shape index (κ1) is 9.34. The van der Waals surface area contributed by atoms with Gasteiger partial charge in [-0.25, -0.2) is 0 Å². The third-order valence-electron chi connectivity index (χ3n) is 2.70. The summed E-state index contributed by atoms with van der Waals surface area (Å²) < 4.78 is 5.58. The normalized spacial score (nSPS) is 20.4. The third-order valence-corrected chi connectivity index (χ3v) is 2.70. The average molecular weight is 192 g/mol. The van der Waals surface area contributed by atoms with E-state index in [2.05, 4.69) is 25.1 Å². The molecule has 1 aliphatic rings. The monoisotopic (exact) mass is 192 g/mol. The van der Waals surface area contributed by atoms with Crippen molar-refractivity contribution in [3.63, 3.8) is 0 Å². The molecule has 76 valence electrons. The van der Waals surface area contributed by atoms with Gasteiger partial charge < -0.3 is 15.4 Å². The maximum Gasteiger partial charge on any atom is 0.146 e. The minimum absolute atomic E-state index is 0.433. The Morgan fingerprint density at radius 1 is 1.43 bits per heavy atom. The molecule has 2 N–H and O–H groups in total. The highest BCUT2D eigenvalue weighted by atomic mass is 16.5. The second-order valence-electron chi connectivity index (χ2n) is 3.88. The Morgan fingerprint density at radius 3 is 2.93 bits per heavy atom. The van der Waals surface area contributed by atoms with Crippen LogP contribution in [0.5, 0.6) is 5.75 Å². The number of ether oxygens (including phenoxy) is 1. The number of anilines is 1. The summed E-state index contributed by atoms with van der Waals surface area (Å²) in [6, 6.07) is 6.40. The summed E-state index contributed by atoms with van der Waals surface area (Å²) in [5.74, 6) is 0.873. The topological polar surface area (TPSA) is 38.5 Å². The third kappa shape index (κ3) is 1.44. The lowest BCUT2D eigenvalue weighted by atomic mass is 9.99. The van der Waals surface area contributed by atoms with Crippen LogP contribution >= 0.6 is 0 Å². The van der Waals surface area contributed by atoms with Crippen LogP contribution in [0.1, 0.15) is 18.0 Å². The first-order valence-electron chi connectivity index (χ1n) is 4.88. The van der Waals surface area contributed by atoms with Gasteiger partial charge in [0.25, 0.3) is 0 Å². The zero-order valence-corrected chi connectivity index (χ0v) is 8.66. The van der Waals surface area contributed by atoms with Crippen molar-refractivity contribution in [1.82, 2.24) is 4.90 Å². The van der Waals surface area contributed by atoms with Gasteiger partial charge in [0.15, 0.2) is 0 Å². The van der Waals surface area contributed by atoms with Crippen molar-refractivity contribution in [3.05, 3.63) is 23.8 Å². The number of benzene rings is 1. The molecule has 0 spiro atoms. The SMILES string of the molecule is CN(C)[C@H]1CCOc2c(N)cccc21. The number of fused-ring (bicyclic) bond motifs is 1. The Hall–Kier alpha value is -1.22. The van der Waals surface area contributed by atoms with E-state index in [1.807, 2.05) is 12.1 Å². The molecular formula is C11H16N2O. The van der Waals surface area contributed by atoms with Gasteiger partial charge >= 0.3 is 0 Å². The van der Waals surface area contributed by atoms with E-state index in [1.54, 1.807) is 0 Å². The first-order valence-corrected chi connectivity index (χ1v) is 4.88. The zero-order chi connectivity index (χ0) is 10.1. The molecule has 1 aromatic rings. The number of rotatable bonds is 1. The van der Waals surface area contributed by atoms with Gasteiger partial charge in [0.1, 0.15) is 5.75 Å².